The highest BCUT2D eigenvalue weighted by Crippen LogP contribution is 2.39. The van der Waals surface area contributed by atoms with Gasteiger partial charge in [-0.25, -0.2) is 0 Å². The van der Waals surface area contributed by atoms with Crippen molar-refractivity contribution in [2.75, 3.05) is 0 Å². The van der Waals surface area contributed by atoms with Crippen LogP contribution in [0.4, 0.5) is 0 Å². The molecule has 0 aromatic heterocycles. The normalized spacial score (nSPS) is 13.1. The Hall–Kier alpha value is -0.900. The summed E-state index contributed by atoms with van der Waals surface area (Å²) in [4.78, 5) is 0. The highest BCUT2D eigenvalue weighted by Gasteiger charge is 2.12. The molecule has 0 aliphatic rings. The zero-order valence-electron chi connectivity index (χ0n) is 10.3. The van der Waals surface area contributed by atoms with Crippen molar-refractivity contribution in [2.24, 2.45) is 0 Å². The van der Waals surface area contributed by atoms with Crippen LogP contribution in [0.25, 0.3) is 21.5 Å². The van der Waals surface area contributed by atoms with Gasteiger partial charge in [0.1, 0.15) is 0 Å². The van der Waals surface area contributed by atoms with Gasteiger partial charge in [0.05, 0.1) is 6.10 Å². The van der Waals surface area contributed by atoms with Gasteiger partial charge in [0.15, 0.2) is 0 Å². The van der Waals surface area contributed by atoms with Crippen LogP contribution in [0.2, 0.25) is 0 Å². The van der Waals surface area contributed by atoms with Gasteiger partial charge in [-0.1, -0.05) is 36.4 Å². The van der Waals surface area contributed by atoms with Crippen molar-refractivity contribution in [3.63, 3.8) is 0 Å². The van der Waals surface area contributed by atoms with Crippen LogP contribution >= 0.6 is 31.9 Å². The van der Waals surface area contributed by atoms with E-state index in [0.29, 0.717) is 0 Å². The summed E-state index contributed by atoms with van der Waals surface area (Å²) in [5.41, 5.74) is 0.926. The molecule has 0 saturated carbocycles. The third-order valence-corrected chi connectivity index (χ3v) is 5.11. The standard InChI is InChI=1S/C16H12Br2O/c1-9(19)10-6-7-13-14(8-10)16(18)12-5-3-2-4-11(12)15(13)17/h2-9,19H,1H3. The fourth-order valence-corrected chi connectivity index (χ4v) is 3.72. The van der Waals surface area contributed by atoms with E-state index in [0.717, 1.165) is 25.3 Å². The minimum atomic E-state index is -0.457. The molecular weight excluding hydrogens is 368 g/mol. The highest BCUT2D eigenvalue weighted by atomic mass is 79.9. The number of rotatable bonds is 1. The van der Waals surface area contributed by atoms with Gasteiger partial charge in [0.25, 0.3) is 0 Å². The largest absolute Gasteiger partial charge is 0.389 e. The maximum absolute atomic E-state index is 9.73. The van der Waals surface area contributed by atoms with Crippen molar-refractivity contribution in [1.82, 2.24) is 0 Å². The summed E-state index contributed by atoms with van der Waals surface area (Å²) in [6.07, 6.45) is -0.457. The predicted molar refractivity (Wildman–Crippen MR) is 87.5 cm³/mol. The van der Waals surface area contributed by atoms with E-state index >= 15 is 0 Å². The minimum Gasteiger partial charge on any atom is -0.389 e. The van der Waals surface area contributed by atoms with Crippen LogP contribution in [-0.2, 0) is 0 Å². The Morgan fingerprint density at radius 3 is 1.95 bits per heavy atom. The Morgan fingerprint density at radius 2 is 1.37 bits per heavy atom. The molecule has 1 nitrogen and oxygen atoms in total. The first-order valence-corrected chi connectivity index (χ1v) is 7.65. The van der Waals surface area contributed by atoms with Crippen LogP contribution in [0.1, 0.15) is 18.6 Å². The van der Waals surface area contributed by atoms with Gasteiger partial charge in [0, 0.05) is 8.95 Å². The number of fused-ring (bicyclic) bond motifs is 2. The SMILES string of the molecule is CC(O)c1ccc2c(Br)c3ccccc3c(Br)c2c1. The lowest BCUT2D eigenvalue weighted by Crippen LogP contribution is -1.91. The zero-order valence-corrected chi connectivity index (χ0v) is 13.5. The summed E-state index contributed by atoms with van der Waals surface area (Å²) in [6.45, 7) is 1.78. The predicted octanol–water partition coefficient (Wildman–Crippen LogP) is 5.57. The highest BCUT2D eigenvalue weighted by molar-refractivity contribution is 9.11. The zero-order chi connectivity index (χ0) is 13.6. The molecule has 0 fully saturated rings. The number of hydrogen-bond donors (Lipinski definition) is 1. The van der Waals surface area contributed by atoms with E-state index in [-0.39, 0.29) is 0 Å². The van der Waals surface area contributed by atoms with E-state index < -0.39 is 6.10 Å². The molecule has 1 N–H and O–H groups in total. The topological polar surface area (TPSA) is 20.2 Å². The van der Waals surface area contributed by atoms with Gasteiger partial charge in [0.2, 0.25) is 0 Å². The average molecular weight is 380 g/mol. The molecule has 0 spiro atoms. The number of halogens is 2. The molecule has 0 aliphatic heterocycles. The smallest absolute Gasteiger partial charge is 0.0762 e. The first kappa shape index (κ1) is 13.1. The van der Waals surface area contributed by atoms with E-state index in [1.165, 1.54) is 10.8 Å². The summed E-state index contributed by atoms with van der Waals surface area (Å²) in [5.74, 6) is 0. The number of benzene rings is 3. The van der Waals surface area contributed by atoms with Gasteiger partial charge >= 0.3 is 0 Å². The van der Waals surface area contributed by atoms with Crippen LogP contribution in [0, 0.1) is 0 Å². The molecule has 1 atom stereocenters. The molecule has 3 heteroatoms. The van der Waals surface area contributed by atoms with Crippen LogP contribution < -0.4 is 0 Å². The van der Waals surface area contributed by atoms with E-state index in [1.807, 2.05) is 24.3 Å². The first-order chi connectivity index (χ1) is 9.09. The Morgan fingerprint density at radius 1 is 0.842 bits per heavy atom. The Labute approximate surface area is 128 Å². The summed E-state index contributed by atoms with van der Waals surface area (Å²) in [6, 6.07) is 14.3. The molecule has 0 saturated heterocycles. The van der Waals surface area contributed by atoms with Gasteiger partial charge in [-0.3, -0.25) is 0 Å². The quantitative estimate of drug-likeness (QED) is 0.548. The molecule has 0 bridgehead atoms. The number of aliphatic hydroxyl groups excluding tert-OH is 1. The van der Waals surface area contributed by atoms with Gasteiger partial charge < -0.3 is 5.11 Å². The van der Waals surface area contributed by atoms with Crippen molar-refractivity contribution in [3.05, 3.63) is 57.0 Å². The van der Waals surface area contributed by atoms with Crippen LogP contribution in [-0.4, -0.2) is 5.11 Å². The van der Waals surface area contributed by atoms with E-state index in [1.54, 1.807) is 6.92 Å². The lowest BCUT2D eigenvalue weighted by atomic mass is 10.00. The van der Waals surface area contributed by atoms with Crippen molar-refractivity contribution in [3.8, 4) is 0 Å². The Bertz CT molecular complexity index is 778. The van der Waals surface area contributed by atoms with Gasteiger partial charge in [-0.05, 0) is 72.0 Å². The van der Waals surface area contributed by atoms with Gasteiger partial charge in [-0.15, -0.1) is 0 Å². The molecular formula is C16H12Br2O. The van der Waals surface area contributed by atoms with Crippen LogP contribution in [0.3, 0.4) is 0 Å². The van der Waals surface area contributed by atoms with Gasteiger partial charge in [-0.2, -0.15) is 0 Å². The number of hydrogen-bond acceptors (Lipinski definition) is 1. The van der Waals surface area contributed by atoms with Crippen molar-refractivity contribution in [2.45, 2.75) is 13.0 Å². The van der Waals surface area contributed by atoms with E-state index in [9.17, 15) is 5.11 Å². The average Bonchev–Trinajstić information content (AvgIpc) is 2.44. The summed E-state index contributed by atoms with van der Waals surface area (Å²) in [7, 11) is 0. The molecule has 0 amide bonds. The maximum atomic E-state index is 9.73. The van der Waals surface area contributed by atoms with Crippen molar-refractivity contribution < 1.29 is 5.11 Å². The Balaban J connectivity index is 2.49. The third-order valence-electron chi connectivity index (χ3n) is 3.40. The molecule has 3 aromatic rings. The maximum Gasteiger partial charge on any atom is 0.0762 e. The summed E-state index contributed by atoms with van der Waals surface area (Å²) in [5, 5.41) is 14.4. The second-order valence-electron chi connectivity index (χ2n) is 4.65. The minimum absolute atomic E-state index is 0.457. The molecule has 3 rings (SSSR count). The first-order valence-electron chi connectivity index (χ1n) is 6.07. The molecule has 19 heavy (non-hydrogen) atoms. The fourth-order valence-electron chi connectivity index (χ4n) is 2.35. The molecule has 0 aliphatic carbocycles. The second kappa shape index (κ2) is 4.89. The molecule has 96 valence electrons. The molecule has 3 aromatic carbocycles. The van der Waals surface area contributed by atoms with Crippen LogP contribution in [0.15, 0.2) is 51.4 Å². The van der Waals surface area contributed by atoms with Crippen LogP contribution in [0.5, 0.6) is 0 Å². The van der Waals surface area contributed by atoms with Crippen molar-refractivity contribution in [1.29, 1.82) is 0 Å². The van der Waals surface area contributed by atoms with E-state index in [2.05, 4.69) is 50.1 Å². The lowest BCUT2D eigenvalue weighted by Gasteiger charge is -2.12. The number of aliphatic hydroxyl groups is 1. The Kier molecular flexibility index (Phi) is 3.37. The third kappa shape index (κ3) is 2.10. The fraction of sp³-hybridized carbons (Fsp3) is 0.125. The lowest BCUT2D eigenvalue weighted by molar-refractivity contribution is 0.199. The van der Waals surface area contributed by atoms with Crippen molar-refractivity contribution >= 4 is 53.4 Å². The summed E-state index contributed by atoms with van der Waals surface area (Å²) < 4.78 is 2.17. The molecule has 0 radical (unpaired) electrons. The second-order valence-corrected chi connectivity index (χ2v) is 6.24. The summed E-state index contributed by atoms with van der Waals surface area (Å²) >= 11 is 7.39. The molecule has 0 heterocycles. The molecule has 1 unspecified atom stereocenters. The van der Waals surface area contributed by atoms with E-state index in [4.69, 9.17) is 0 Å². The monoisotopic (exact) mass is 378 g/mol.